The summed E-state index contributed by atoms with van der Waals surface area (Å²) in [6.45, 7) is 15.7. The van der Waals surface area contributed by atoms with E-state index in [0.717, 1.165) is 61.6 Å². The summed E-state index contributed by atoms with van der Waals surface area (Å²) in [5.41, 5.74) is 12.7. The van der Waals surface area contributed by atoms with Gasteiger partial charge in [-0.15, -0.1) is 36.4 Å². The summed E-state index contributed by atoms with van der Waals surface area (Å²) in [5, 5.41) is 0. The molecule has 0 saturated heterocycles. The molecular weight excluding hydrogens is 876 g/mol. The molecule has 10 rings (SSSR count). The van der Waals surface area contributed by atoms with Gasteiger partial charge in [-0.05, 0) is 86.3 Å². The van der Waals surface area contributed by atoms with Gasteiger partial charge in [0.15, 0.2) is 11.3 Å². The molecule has 6 heterocycles. The molecule has 0 saturated carbocycles. The van der Waals surface area contributed by atoms with E-state index in [1.807, 2.05) is 48.8 Å². The average Bonchev–Trinajstić information content (AvgIpc) is 3.90. The largest absolute Gasteiger partial charge is 2.00 e. The van der Waals surface area contributed by atoms with Crippen molar-refractivity contribution in [1.82, 2.24) is 37.9 Å². The van der Waals surface area contributed by atoms with Crippen LogP contribution in [-0.4, -0.2) is 37.9 Å². The molecule has 0 fully saturated rings. The summed E-state index contributed by atoms with van der Waals surface area (Å²) in [6, 6.07) is 38.2. The smallest absolute Gasteiger partial charge is 0.509 e. The molecule has 0 bridgehead atoms. The maximum absolute atomic E-state index is 6.56. The van der Waals surface area contributed by atoms with Crippen LogP contribution in [0.25, 0.3) is 67.3 Å². The van der Waals surface area contributed by atoms with Crippen LogP contribution >= 0.6 is 0 Å². The minimum Gasteiger partial charge on any atom is -0.509 e. The molecule has 56 heavy (non-hydrogen) atoms. The summed E-state index contributed by atoms with van der Waals surface area (Å²) in [6.07, 6.45) is 3.65. The summed E-state index contributed by atoms with van der Waals surface area (Å²) in [5.74, 6) is 3.29. The Morgan fingerprint density at radius 1 is 0.589 bits per heavy atom. The van der Waals surface area contributed by atoms with Crippen LogP contribution in [-0.2, 0) is 26.5 Å². The zero-order valence-electron chi connectivity index (χ0n) is 32.3. The van der Waals surface area contributed by atoms with E-state index in [9.17, 15) is 0 Å². The molecule has 280 valence electrons. The van der Waals surface area contributed by atoms with Crippen molar-refractivity contribution in [2.24, 2.45) is 0 Å². The first-order chi connectivity index (χ1) is 26.6. The minimum absolute atomic E-state index is 0. The molecule has 0 radical (unpaired) electrons. The van der Waals surface area contributed by atoms with Crippen molar-refractivity contribution in [3.8, 4) is 22.9 Å². The number of ether oxygens (including phenoxy) is 1. The van der Waals surface area contributed by atoms with Crippen LogP contribution < -0.4 is 4.74 Å². The third kappa shape index (κ3) is 5.39. The molecule has 0 aliphatic carbocycles. The molecule has 0 aliphatic rings. The van der Waals surface area contributed by atoms with Gasteiger partial charge < -0.3 is 4.74 Å². The van der Waals surface area contributed by atoms with E-state index < -0.39 is 0 Å². The third-order valence-electron chi connectivity index (χ3n) is 10.6. The van der Waals surface area contributed by atoms with E-state index in [1.54, 1.807) is 0 Å². The molecule has 0 spiro atoms. The average molecular weight is 916 g/mol. The maximum Gasteiger partial charge on any atom is 2.00 e. The van der Waals surface area contributed by atoms with Crippen LogP contribution in [0, 0.1) is 12.1 Å². The molecular formula is C46H40N8OPt. The Hall–Kier alpha value is -5.79. The van der Waals surface area contributed by atoms with Crippen molar-refractivity contribution < 1.29 is 25.8 Å². The molecule has 0 unspecified atom stereocenters. The monoisotopic (exact) mass is 915 g/mol. The van der Waals surface area contributed by atoms with Gasteiger partial charge in [0.2, 0.25) is 11.6 Å². The number of pyridine rings is 2. The first-order valence-electron chi connectivity index (χ1n) is 18.9. The van der Waals surface area contributed by atoms with Crippen molar-refractivity contribution in [2.45, 2.75) is 65.7 Å². The number of fused-ring (bicyclic) bond motifs is 10. The molecule has 4 aromatic carbocycles. The first kappa shape index (κ1) is 35.9. The Labute approximate surface area is 338 Å². The second-order valence-corrected chi connectivity index (χ2v) is 15.9. The van der Waals surface area contributed by atoms with Crippen LogP contribution in [0.2, 0.25) is 0 Å². The van der Waals surface area contributed by atoms with Gasteiger partial charge in [-0.1, -0.05) is 84.9 Å². The second kappa shape index (κ2) is 13.2. The summed E-state index contributed by atoms with van der Waals surface area (Å²) >= 11 is 0. The zero-order chi connectivity index (χ0) is 37.7. The van der Waals surface area contributed by atoms with E-state index in [-0.39, 0.29) is 26.5 Å². The van der Waals surface area contributed by atoms with E-state index in [4.69, 9.17) is 24.7 Å². The number of benzene rings is 4. The minimum atomic E-state index is -0.0786. The fourth-order valence-electron chi connectivity index (χ4n) is 8.10. The zero-order valence-corrected chi connectivity index (χ0v) is 34.5. The van der Waals surface area contributed by atoms with Crippen LogP contribution in [0.15, 0.2) is 103 Å². The fourth-order valence-corrected chi connectivity index (χ4v) is 8.10. The molecule has 0 amide bonds. The van der Waals surface area contributed by atoms with Gasteiger partial charge in [0.25, 0.3) is 0 Å². The molecule has 10 aromatic rings. The van der Waals surface area contributed by atoms with Crippen LogP contribution in [0.4, 0.5) is 0 Å². The van der Waals surface area contributed by atoms with Gasteiger partial charge in [0.05, 0.1) is 22.4 Å². The van der Waals surface area contributed by atoms with Crippen molar-refractivity contribution in [3.05, 3.63) is 132 Å². The maximum atomic E-state index is 6.56. The Morgan fingerprint density at radius 2 is 1.11 bits per heavy atom. The first-order valence-corrected chi connectivity index (χ1v) is 18.9. The van der Waals surface area contributed by atoms with Crippen molar-refractivity contribution in [3.63, 3.8) is 0 Å². The topological polar surface area (TPSA) is 79.5 Å². The second-order valence-electron chi connectivity index (χ2n) is 15.9. The molecule has 10 heteroatoms. The number of aromatic nitrogens is 8. The Bertz CT molecular complexity index is 3110. The Balaban J connectivity index is 0.00000410. The number of hydrogen-bond donors (Lipinski definition) is 0. The summed E-state index contributed by atoms with van der Waals surface area (Å²) in [7, 11) is 0. The van der Waals surface area contributed by atoms with Crippen LogP contribution in [0.1, 0.15) is 77.0 Å². The Morgan fingerprint density at radius 3 is 1.64 bits per heavy atom. The molecule has 0 atom stereocenters. The molecule has 9 nitrogen and oxygen atoms in total. The number of rotatable bonds is 6. The fraction of sp³-hybridized carbons (Fsp3) is 0.217. The molecule has 0 N–H and O–H groups in total. The van der Waals surface area contributed by atoms with Gasteiger partial charge in [0.1, 0.15) is 0 Å². The van der Waals surface area contributed by atoms with Crippen LogP contribution in [0.3, 0.4) is 0 Å². The number of nitrogens with zero attached hydrogens (tertiary/aromatic N) is 8. The van der Waals surface area contributed by atoms with E-state index >= 15 is 0 Å². The van der Waals surface area contributed by atoms with Gasteiger partial charge in [0, 0.05) is 23.9 Å². The van der Waals surface area contributed by atoms with Gasteiger partial charge in [-0.3, -0.25) is 27.9 Å². The van der Waals surface area contributed by atoms with E-state index in [1.165, 1.54) is 22.4 Å². The quantitative estimate of drug-likeness (QED) is 0.155. The molecule has 6 aromatic heterocycles. The van der Waals surface area contributed by atoms with Crippen LogP contribution in [0.5, 0.6) is 11.5 Å². The van der Waals surface area contributed by atoms with Gasteiger partial charge in [-0.25, -0.2) is 9.97 Å². The normalized spacial score (nSPS) is 12.4. The predicted octanol–water partition coefficient (Wildman–Crippen LogP) is 10.9. The third-order valence-corrected chi connectivity index (χ3v) is 10.6. The predicted molar refractivity (Wildman–Crippen MR) is 219 cm³/mol. The number of imidazole rings is 4. The van der Waals surface area contributed by atoms with Gasteiger partial charge >= 0.3 is 21.1 Å². The van der Waals surface area contributed by atoms with Gasteiger partial charge in [-0.2, -0.15) is 0 Å². The summed E-state index contributed by atoms with van der Waals surface area (Å²) in [4.78, 5) is 20.0. The SMILES string of the molecule is CC(C)c1cccc(C(C)C)c1-n1c2cccnc2n2c3[c-]c(Oc4[c-]c5c(cc4)nc4n(-c6ccccc6C(C)(C)C)c6cccnc6n54)ccc3nc12.[Pt+2]. The number of hydrogen-bond acceptors (Lipinski definition) is 5. The Kier molecular flexibility index (Phi) is 8.43. The van der Waals surface area contributed by atoms with E-state index in [0.29, 0.717) is 23.3 Å². The number of para-hydroxylation sites is 2. The van der Waals surface area contributed by atoms with E-state index in [2.05, 4.69) is 133 Å². The molecule has 0 aliphatic heterocycles. The van der Waals surface area contributed by atoms with Crippen molar-refractivity contribution >= 4 is 55.9 Å². The van der Waals surface area contributed by atoms with Crippen molar-refractivity contribution in [1.29, 1.82) is 0 Å². The van der Waals surface area contributed by atoms with Crippen molar-refractivity contribution in [2.75, 3.05) is 0 Å². The standard InChI is InChI=1S/C46H40N8O.Pt/c1-27(2)31-13-10-14-32(28(3)4)41(31)52-38-18-12-24-48-43(38)54-40-26-30(20-22-35(40)50-45(52)54)55-29-19-21-34-39(25-29)53-42-37(17-11-23-47-42)51(44(53)49-34)36-16-9-8-15-33(36)46(5,6)7;/h8-24,27-28H,1-7H3;/q-2;+2. The summed E-state index contributed by atoms with van der Waals surface area (Å²) < 4.78 is 15.2.